The Balaban J connectivity index is 1.73. The number of ether oxygens (including phenoxy) is 1. The first-order valence-electron chi connectivity index (χ1n) is 9.68. The van der Waals surface area contributed by atoms with Crippen LogP contribution in [-0.2, 0) is 4.74 Å². The highest BCUT2D eigenvalue weighted by molar-refractivity contribution is 6.07. The van der Waals surface area contributed by atoms with Crippen molar-refractivity contribution >= 4 is 33.3 Å². The van der Waals surface area contributed by atoms with Gasteiger partial charge in [-0.05, 0) is 12.1 Å². The van der Waals surface area contributed by atoms with Crippen molar-refractivity contribution in [3.8, 4) is 17.3 Å². The summed E-state index contributed by atoms with van der Waals surface area (Å²) in [6.07, 6.45) is -0.597. The van der Waals surface area contributed by atoms with E-state index in [-0.39, 0.29) is 18.8 Å². The number of rotatable bonds is 3. The van der Waals surface area contributed by atoms with Gasteiger partial charge in [-0.2, -0.15) is 10.4 Å². The normalized spacial score (nSPS) is 21.0. The first kappa shape index (κ1) is 19.2. The van der Waals surface area contributed by atoms with Gasteiger partial charge in [0.15, 0.2) is 11.9 Å². The Morgan fingerprint density at radius 3 is 2.77 bits per heavy atom. The third-order valence-corrected chi connectivity index (χ3v) is 5.65. The summed E-state index contributed by atoms with van der Waals surface area (Å²) in [6, 6.07) is 11.1. The molecule has 1 fully saturated rings. The topological polar surface area (TPSA) is 169 Å². The zero-order chi connectivity index (χ0) is 21.7. The Hall–Kier alpha value is -3.78. The summed E-state index contributed by atoms with van der Waals surface area (Å²) in [7, 11) is 0. The molecule has 10 nitrogen and oxygen atoms in total. The fourth-order valence-corrected chi connectivity index (χ4v) is 4.10. The van der Waals surface area contributed by atoms with Gasteiger partial charge in [0.2, 0.25) is 0 Å². The molecule has 6 N–H and O–H groups in total. The molecule has 0 radical (unpaired) electrons. The molecule has 5 rings (SSSR count). The summed E-state index contributed by atoms with van der Waals surface area (Å²) < 4.78 is 7.31. The molecule has 3 atom stereocenters. The van der Waals surface area contributed by atoms with E-state index >= 15 is 0 Å². The van der Waals surface area contributed by atoms with Crippen LogP contribution in [0.5, 0.6) is 0 Å². The van der Waals surface area contributed by atoms with Crippen LogP contribution in [0.4, 0.5) is 11.5 Å². The highest BCUT2D eigenvalue weighted by Gasteiger charge is 2.36. The van der Waals surface area contributed by atoms with E-state index in [2.05, 4.69) is 21.1 Å². The van der Waals surface area contributed by atoms with Crippen LogP contribution >= 0.6 is 0 Å². The van der Waals surface area contributed by atoms with Crippen LogP contribution in [0, 0.1) is 11.3 Å². The number of aliphatic hydroxyl groups is 2. The number of nitrogens with zero attached hydrogens (tertiary/aromatic N) is 5. The number of hydrogen-bond acceptors (Lipinski definition) is 9. The van der Waals surface area contributed by atoms with Crippen LogP contribution < -0.4 is 11.5 Å². The van der Waals surface area contributed by atoms with Crippen LogP contribution in [0.1, 0.15) is 18.2 Å². The van der Waals surface area contributed by atoms with Crippen molar-refractivity contribution < 1.29 is 14.9 Å². The molecule has 10 heteroatoms. The van der Waals surface area contributed by atoms with Gasteiger partial charge < -0.3 is 26.4 Å². The largest absolute Gasteiger partial charge is 0.398 e. The van der Waals surface area contributed by atoms with Gasteiger partial charge in [0.25, 0.3) is 0 Å². The second-order valence-corrected chi connectivity index (χ2v) is 7.40. The molecule has 1 aliphatic heterocycles. The zero-order valence-corrected chi connectivity index (χ0v) is 16.3. The monoisotopic (exact) mass is 417 g/mol. The molecule has 0 bridgehead atoms. The Labute approximate surface area is 176 Å². The summed E-state index contributed by atoms with van der Waals surface area (Å²) in [5, 5.41) is 35.6. The highest BCUT2D eigenvalue weighted by atomic mass is 16.5. The van der Waals surface area contributed by atoms with Crippen molar-refractivity contribution in [1.29, 1.82) is 5.26 Å². The third kappa shape index (κ3) is 2.87. The highest BCUT2D eigenvalue weighted by Crippen LogP contribution is 2.40. The number of nitriles is 1. The van der Waals surface area contributed by atoms with E-state index in [1.807, 2.05) is 12.1 Å². The van der Waals surface area contributed by atoms with Gasteiger partial charge in [-0.15, -0.1) is 0 Å². The quantitative estimate of drug-likeness (QED) is 0.359. The Morgan fingerprint density at radius 2 is 2.03 bits per heavy atom. The molecule has 31 heavy (non-hydrogen) atoms. The van der Waals surface area contributed by atoms with Crippen LogP contribution in [0.25, 0.3) is 33.1 Å². The number of aliphatic hydroxyl groups excluding tert-OH is 2. The molecule has 0 spiro atoms. The van der Waals surface area contributed by atoms with Gasteiger partial charge in [0.05, 0.1) is 29.7 Å². The van der Waals surface area contributed by atoms with E-state index in [1.165, 1.54) is 11.0 Å². The van der Waals surface area contributed by atoms with E-state index in [9.17, 15) is 15.5 Å². The molecule has 0 unspecified atom stereocenters. The molecule has 3 heterocycles. The van der Waals surface area contributed by atoms with Gasteiger partial charge in [-0.25, -0.2) is 14.6 Å². The lowest BCUT2D eigenvalue weighted by atomic mass is 9.98. The molecule has 1 aliphatic rings. The van der Waals surface area contributed by atoms with Gasteiger partial charge in [-0.3, -0.25) is 0 Å². The predicted octanol–water partition coefficient (Wildman–Crippen LogP) is 1.32. The second kappa shape index (κ2) is 7.17. The molecule has 2 aromatic heterocycles. The van der Waals surface area contributed by atoms with Crippen LogP contribution in [-0.4, -0.2) is 48.8 Å². The minimum Gasteiger partial charge on any atom is -0.398 e. The fraction of sp³-hybridized carbons (Fsp3) is 0.238. The molecule has 1 saturated heterocycles. The van der Waals surface area contributed by atoms with Crippen LogP contribution in [0.3, 0.4) is 0 Å². The number of fused-ring (bicyclic) bond motifs is 2. The average molecular weight is 417 g/mol. The van der Waals surface area contributed by atoms with Crippen molar-refractivity contribution in [2.75, 3.05) is 18.1 Å². The van der Waals surface area contributed by atoms with Gasteiger partial charge in [0.1, 0.15) is 23.9 Å². The molecule has 0 saturated carbocycles. The minimum absolute atomic E-state index is 0.230. The Bertz CT molecular complexity index is 1360. The number of nitrogens with two attached hydrogens (primary N) is 2. The zero-order valence-electron chi connectivity index (χ0n) is 16.3. The summed E-state index contributed by atoms with van der Waals surface area (Å²) in [5.74, 6) is 0.230. The average Bonchev–Trinajstić information content (AvgIpc) is 3.35. The maximum Gasteiger partial charge on any atom is 0.166 e. The Kier molecular flexibility index (Phi) is 4.44. The number of nitrogen functional groups attached to an aromatic ring is 2. The second-order valence-electron chi connectivity index (χ2n) is 7.40. The maximum atomic E-state index is 10.2. The van der Waals surface area contributed by atoms with Crippen molar-refractivity contribution in [1.82, 2.24) is 19.7 Å². The number of anilines is 2. The van der Waals surface area contributed by atoms with E-state index in [1.54, 1.807) is 18.2 Å². The van der Waals surface area contributed by atoms with Crippen molar-refractivity contribution in [3.05, 3.63) is 42.2 Å². The number of hydrogen-bond donors (Lipinski definition) is 4. The van der Waals surface area contributed by atoms with Gasteiger partial charge in [0, 0.05) is 28.4 Å². The number of benzene rings is 2. The maximum absolute atomic E-state index is 10.2. The minimum atomic E-state index is -0.827. The molecule has 0 aliphatic carbocycles. The summed E-state index contributed by atoms with van der Waals surface area (Å²) in [4.78, 5) is 8.43. The van der Waals surface area contributed by atoms with Gasteiger partial charge >= 0.3 is 0 Å². The number of aromatic nitrogens is 4. The summed E-state index contributed by atoms with van der Waals surface area (Å²) in [5.41, 5.74) is 15.2. The molecule has 4 aromatic rings. The van der Waals surface area contributed by atoms with E-state index in [0.29, 0.717) is 33.5 Å². The standard InChI is InChI=1S/C21H19N7O3/c22-7-10-2-1-3-12-11(10)4-5-13(18(12)23)19-17-20(24)25-9-26-21(17)28(27-19)16-6-14(30)15(8-29)31-16/h1-5,9,14-16,29-30H,6,8,23H2,(H2,24,25,26)/t14-,15+,16+/m0/s1. The van der Waals surface area contributed by atoms with Gasteiger partial charge in [-0.1, -0.05) is 18.2 Å². The fourth-order valence-electron chi connectivity index (χ4n) is 4.10. The molecule has 0 amide bonds. The third-order valence-electron chi connectivity index (χ3n) is 5.65. The molecular formula is C21H19N7O3. The van der Waals surface area contributed by atoms with Crippen molar-refractivity contribution in [2.24, 2.45) is 0 Å². The van der Waals surface area contributed by atoms with E-state index < -0.39 is 18.4 Å². The Morgan fingerprint density at radius 1 is 1.19 bits per heavy atom. The van der Waals surface area contributed by atoms with Crippen LogP contribution in [0.15, 0.2) is 36.7 Å². The smallest absolute Gasteiger partial charge is 0.166 e. The first-order chi connectivity index (χ1) is 15.0. The van der Waals surface area contributed by atoms with E-state index in [4.69, 9.17) is 16.2 Å². The molecule has 156 valence electrons. The predicted molar refractivity (Wildman–Crippen MR) is 113 cm³/mol. The lowest BCUT2D eigenvalue weighted by Crippen LogP contribution is -2.24. The summed E-state index contributed by atoms with van der Waals surface area (Å²) in [6.45, 7) is -0.306. The van der Waals surface area contributed by atoms with Crippen LogP contribution in [0.2, 0.25) is 0 Å². The molecule has 2 aromatic carbocycles. The SMILES string of the molecule is N#Cc1cccc2c(N)c(-c3nn([C@H]4C[C@H](O)[C@@H](CO)O4)c4ncnc(N)c34)ccc12. The lowest BCUT2D eigenvalue weighted by molar-refractivity contribution is -0.0469. The first-order valence-corrected chi connectivity index (χ1v) is 9.68. The van der Waals surface area contributed by atoms with Crippen molar-refractivity contribution in [3.63, 3.8) is 0 Å². The van der Waals surface area contributed by atoms with E-state index in [0.717, 1.165) is 10.8 Å². The lowest BCUT2D eigenvalue weighted by Gasteiger charge is -2.13. The summed E-state index contributed by atoms with van der Waals surface area (Å²) >= 11 is 0. The molecular weight excluding hydrogens is 398 g/mol. The van der Waals surface area contributed by atoms with Crippen molar-refractivity contribution in [2.45, 2.75) is 24.9 Å².